The first-order valence-corrected chi connectivity index (χ1v) is 13.8. The molecule has 0 bridgehead atoms. The van der Waals surface area contributed by atoms with Crippen molar-refractivity contribution in [2.24, 2.45) is 5.92 Å². The van der Waals surface area contributed by atoms with Gasteiger partial charge in [0.25, 0.3) is 5.91 Å². The van der Waals surface area contributed by atoms with Gasteiger partial charge in [0.1, 0.15) is 11.3 Å². The van der Waals surface area contributed by atoms with E-state index >= 15 is 0 Å². The number of nitrogens with one attached hydrogen (secondary N) is 1. The highest BCUT2D eigenvalue weighted by atomic mass is 16.2. The summed E-state index contributed by atoms with van der Waals surface area (Å²) >= 11 is 0. The van der Waals surface area contributed by atoms with Crippen molar-refractivity contribution in [1.29, 1.82) is 0 Å². The molecule has 190 valence electrons. The summed E-state index contributed by atoms with van der Waals surface area (Å²) < 4.78 is 2.29. The zero-order valence-corrected chi connectivity index (χ0v) is 21.5. The number of amides is 1. The molecule has 1 N–H and O–H groups in total. The number of carbonyl (C=O) groups is 1. The van der Waals surface area contributed by atoms with Crippen LogP contribution in [0.5, 0.6) is 0 Å². The number of hydrogen-bond acceptors (Lipinski definition) is 6. The number of rotatable bonds is 4. The minimum atomic E-state index is -0.0226. The molecule has 2 aromatic rings. The summed E-state index contributed by atoms with van der Waals surface area (Å²) in [6.45, 7) is 6.56. The van der Waals surface area contributed by atoms with Crippen LogP contribution in [0.15, 0.2) is 12.3 Å². The molecule has 8 heteroatoms. The van der Waals surface area contributed by atoms with Gasteiger partial charge in [-0.3, -0.25) is 9.69 Å². The minimum Gasteiger partial charge on any atom is -0.354 e. The molecule has 0 atom stereocenters. The predicted octanol–water partition coefficient (Wildman–Crippen LogP) is 3.39. The molecule has 6 rings (SSSR count). The molecule has 2 aromatic heterocycles. The fraction of sp³-hybridized carbons (Fsp3) is 0.741. The van der Waals surface area contributed by atoms with Crippen LogP contribution in [0.2, 0.25) is 0 Å². The van der Waals surface area contributed by atoms with Gasteiger partial charge in [-0.1, -0.05) is 19.3 Å². The third-order valence-electron chi connectivity index (χ3n) is 9.32. The molecule has 2 saturated carbocycles. The normalized spacial score (nSPS) is 27.9. The maximum Gasteiger partial charge on any atom is 0.270 e. The Balaban J connectivity index is 1.15. The molecule has 4 aliphatic rings. The fourth-order valence-corrected chi connectivity index (χ4v) is 7.22. The van der Waals surface area contributed by atoms with Crippen molar-refractivity contribution < 1.29 is 4.79 Å². The Bertz CT molecular complexity index is 1060. The predicted molar refractivity (Wildman–Crippen MR) is 139 cm³/mol. The van der Waals surface area contributed by atoms with Gasteiger partial charge in [0.2, 0.25) is 5.95 Å². The maximum absolute atomic E-state index is 13.0. The number of nitrogens with zero attached hydrogens (tertiary/aromatic N) is 6. The lowest BCUT2D eigenvalue weighted by molar-refractivity contribution is 0.0543. The van der Waals surface area contributed by atoms with Crippen molar-refractivity contribution in [1.82, 2.24) is 29.2 Å². The smallest absolute Gasteiger partial charge is 0.270 e. The topological polar surface area (TPSA) is 69.5 Å². The van der Waals surface area contributed by atoms with E-state index in [1.807, 2.05) is 24.2 Å². The molecule has 1 saturated heterocycles. The zero-order valence-electron chi connectivity index (χ0n) is 21.5. The summed E-state index contributed by atoms with van der Waals surface area (Å²) in [5.74, 6) is 1.49. The highest BCUT2D eigenvalue weighted by Gasteiger charge is 2.43. The third-order valence-corrected chi connectivity index (χ3v) is 9.32. The van der Waals surface area contributed by atoms with Gasteiger partial charge in [0, 0.05) is 63.9 Å². The van der Waals surface area contributed by atoms with E-state index in [1.54, 1.807) is 0 Å². The van der Waals surface area contributed by atoms with Gasteiger partial charge in [-0.2, -0.15) is 4.98 Å². The Morgan fingerprint density at radius 3 is 2.51 bits per heavy atom. The van der Waals surface area contributed by atoms with Crippen LogP contribution in [0.4, 0.5) is 5.95 Å². The van der Waals surface area contributed by atoms with Crippen LogP contribution >= 0.6 is 0 Å². The molecule has 0 aromatic carbocycles. The van der Waals surface area contributed by atoms with Gasteiger partial charge < -0.3 is 19.7 Å². The number of carbonyl (C=O) groups excluding carboxylic acids is 1. The SMILES string of the molecule is CN1CCN(C2CCC(CNc3ncc4cc5n(c4n3)C3(CCCCC3)CN(C)C5=O)CC2)CC1. The molecule has 8 nitrogen and oxygen atoms in total. The van der Waals surface area contributed by atoms with Crippen LogP contribution in [0.3, 0.4) is 0 Å². The molecule has 1 spiro atoms. The summed E-state index contributed by atoms with van der Waals surface area (Å²) in [6.07, 6.45) is 13.0. The van der Waals surface area contributed by atoms with Crippen LogP contribution < -0.4 is 5.32 Å². The summed E-state index contributed by atoms with van der Waals surface area (Å²) in [5, 5.41) is 4.54. The summed E-state index contributed by atoms with van der Waals surface area (Å²) in [4.78, 5) is 29.7. The number of piperazine rings is 1. The minimum absolute atomic E-state index is 0.0226. The second kappa shape index (κ2) is 9.36. The molecular weight excluding hydrogens is 438 g/mol. The standard InChI is InChI=1S/C27H41N7O/c1-31-12-14-33(15-13-31)22-8-6-20(7-9-22)17-28-26-29-18-21-16-23-25(35)32(2)19-27(10-4-3-5-11-27)34(23)24(21)30-26/h16,18,20,22H,3-15,17,19H2,1-2H3,(H,28,29,30). The van der Waals surface area contributed by atoms with Crippen molar-refractivity contribution >= 4 is 22.9 Å². The van der Waals surface area contributed by atoms with Gasteiger partial charge in [-0.25, -0.2) is 4.98 Å². The lowest BCUT2D eigenvalue weighted by atomic mass is 9.79. The quantitative estimate of drug-likeness (QED) is 0.725. The molecule has 0 radical (unpaired) electrons. The largest absolute Gasteiger partial charge is 0.354 e. The number of fused-ring (bicyclic) bond motifs is 4. The van der Waals surface area contributed by atoms with Crippen molar-refractivity contribution in [3.05, 3.63) is 18.0 Å². The average Bonchev–Trinajstić information content (AvgIpc) is 3.28. The molecule has 4 heterocycles. The van der Waals surface area contributed by atoms with E-state index in [0.29, 0.717) is 11.9 Å². The number of hydrogen-bond donors (Lipinski definition) is 1. The molecule has 1 amide bonds. The van der Waals surface area contributed by atoms with Crippen LogP contribution in [0, 0.1) is 5.92 Å². The van der Waals surface area contributed by atoms with Crippen LogP contribution in [-0.4, -0.2) is 94.5 Å². The van der Waals surface area contributed by atoms with Gasteiger partial charge >= 0.3 is 0 Å². The monoisotopic (exact) mass is 479 g/mol. The van der Waals surface area contributed by atoms with Crippen molar-refractivity contribution in [2.75, 3.05) is 58.7 Å². The van der Waals surface area contributed by atoms with Crippen LogP contribution in [0.25, 0.3) is 11.0 Å². The fourth-order valence-electron chi connectivity index (χ4n) is 7.22. The van der Waals surface area contributed by atoms with Gasteiger partial charge in [0.05, 0.1) is 5.54 Å². The van der Waals surface area contributed by atoms with Crippen molar-refractivity contribution in [2.45, 2.75) is 69.4 Å². The summed E-state index contributed by atoms with van der Waals surface area (Å²) in [5.41, 5.74) is 1.69. The van der Waals surface area contributed by atoms with Crippen LogP contribution in [0.1, 0.15) is 68.3 Å². The average molecular weight is 480 g/mol. The highest BCUT2D eigenvalue weighted by molar-refractivity contribution is 5.99. The van der Waals surface area contributed by atoms with E-state index in [2.05, 4.69) is 31.7 Å². The van der Waals surface area contributed by atoms with Crippen molar-refractivity contribution in [3.8, 4) is 0 Å². The number of anilines is 1. The maximum atomic E-state index is 13.0. The summed E-state index contributed by atoms with van der Waals surface area (Å²) in [7, 11) is 4.17. The van der Waals surface area contributed by atoms with Crippen molar-refractivity contribution in [3.63, 3.8) is 0 Å². The lowest BCUT2D eigenvalue weighted by Crippen LogP contribution is -2.53. The first-order chi connectivity index (χ1) is 17.0. The Morgan fingerprint density at radius 1 is 1.03 bits per heavy atom. The van der Waals surface area contributed by atoms with E-state index in [4.69, 9.17) is 4.98 Å². The first-order valence-electron chi connectivity index (χ1n) is 13.8. The van der Waals surface area contributed by atoms with Gasteiger partial charge in [-0.15, -0.1) is 0 Å². The molecule has 3 fully saturated rings. The Kier molecular flexibility index (Phi) is 6.21. The number of likely N-dealkylation sites (N-methyl/N-ethyl adjacent to an activating group) is 2. The number of aromatic nitrogens is 3. The van der Waals surface area contributed by atoms with Gasteiger partial charge in [0.15, 0.2) is 0 Å². The molecule has 35 heavy (non-hydrogen) atoms. The molecule has 2 aliphatic heterocycles. The van der Waals surface area contributed by atoms with E-state index in [1.165, 1.54) is 71.1 Å². The summed E-state index contributed by atoms with van der Waals surface area (Å²) in [6, 6.07) is 2.77. The zero-order chi connectivity index (χ0) is 24.0. The third kappa shape index (κ3) is 4.33. The molecular formula is C27H41N7O. The van der Waals surface area contributed by atoms with E-state index in [-0.39, 0.29) is 11.4 Å². The Hall–Kier alpha value is -2.19. The Labute approximate surface area is 209 Å². The van der Waals surface area contributed by atoms with E-state index < -0.39 is 0 Å². The first kappa shape index (κ1) is 23.2. The molecule has 2 aliphatic carbocycles. The Morgan fingerprint density at radius 2 is 1.77 bits per heavy atom. The lowest BCUT2D eigenvalue weighted by Gasteiger charge is -2.45. The van der Waals surface area contributed by atoms with E-state index in [9.17, 15) is 4.79 Å². The second-order valence-electron chi connectivity index (χ2n) is 11.7. The van der Waals surface area contributed by atoms with E-state index in [0.717, 1.165) is 48.7 Å². The highest BCUT2D eigenvalue weighted by Crippen LogP contribution is 2.42. The van der Waals surface area contributed by atoms with Gasteiger partial charge in [-0.05, 0) is 57.6 Å². The van der Waals surface area contributed by atoms with Crippen LogP contribution in [-0.2, 0) is 5.54 Å². The second-order valence-corrected chi connectivity index (χ2v) is 11.7. The molecule has 0 unspecified atom stereocenters.